The fourth-order valence-electron chi connectivity index (χ4n) is 3.58. The van der Waals surface area contributed by atoms with Gasteiger partial charge in [0.25, 0.3) is 5.91 Å². The highest BCUT2D eigenvalue weighted by atomic mass is 35.5. The average molecular weight is 516 g/mol. The second-order valence-corrected chi connectivity index (χ2v) is 8.36. The number of hydrogen-bond donors (Lipinski definition) is 1. The summed E-state index contributed by atoms with van der Waals surface area (Å²) in [6.07, 6.45) is 1.37. The number of halogens is 4. The Bertz CT molecular complexity index is 1400. The topological polar surface area (TPSA) is 81.9 Å². The summed E-state index contributed by atoms with van der Waals surface area (Å²) in [6.45, 7) is 1.87. The van der Waals surface area contributed by atoms with Gasteiger partial charge in [0.1, 0.15) is 11.4 Å². The summed E-state index contributed by atoms with van der Waals surface area (Å²) in [6, 6.07) is 9.77. The maximum absolute atomic E-state index is 13.3. The fraction of sp³-hybridized carbons (Fsp3) is 0.200. The van der Waals surface area contributed by atoms with Crippen molar-refractivity contribution in [1.82, 2.24) is 20.0 Å². The molecule has 2 aromatic heterocycles. The van der Waals surface area contributed by atoms with Crippen molar-refractivity contribution in [2.75, 3.05) is 12.4 Å². The highest BCUT2D eigenvalue weighted by Crippen LogP contribution is 2.33. The standard InChI is InChI=1S/C25H21ClF3N5O2/c1-3-4-15-7-18(25(27,28)29)11-19(8-15)31-24(35)16-5-6-21(26)23(10-16)34-14-22(32-33-34)17-9-20(36-2)13-30-12-17/h5-14H,3-4H2,1-2H3,(H,31,35). The van der Waals surface area contributed by atoms with E-state index in [1.165, 1.54) is 30.0 Å². The molecule has 2 aromatic carbocycles. The summed E-state index contributed by atoms with van der Waals surface area (Å²) in [7, 11) is 1.53. The molecule has 11 heteroatoms. The van der Waals surface area contributed by atoms with Crippen LogP contribution in [0.2, 0.25) is 5.02 Å². The summed E-state index contributed by atoms with van der Waals surface area (Å²) in [5, 5.41) is 11.1. The van der Waals surface area contributed by atoms with Crippen LogP contribution in [0.1, 0.15) is 34.8 Å². The van der Waals surface area contributed by atoms with Crippen molar-refractivity contribution in [3.8, 4) is 22.7 Å². The Morgan fingerprint density at radius 2 is 1.94 bits per heavy atom. The molecule has 0 bridgehead atoms. The quantitative estimate of drug-likeness (QED) is 0.316. The van der Waals surface area contributed by atoms with Crippen LogP contribution in [-0.4, -0.2) is 33.0 Å². The minimum absolute atomic E-state index is 0.0586. The molecule has 0 radical (unpaired) electrons. The first-order valence-corrected chi connectivity index (χ1v) is 11.3. The number of aryl methyl sites for hydroxylation is 1. The Morgan fingerprint density at radius 3 is 2.67 bits per heavy atom. The van der Waals surface area contributed by atoms with Gasteiger partial charge in [-0.2, -0.15) is 13.2 Å². The van der Waals surface area contributed by atoms with Gasteiger partial charge in [0, 0.05) is 23.0 Å². The van der Waals surface area contributed by atoms with Crippen LogP contribution in [0, 0.1) is 0 Å². The summed E-state index contributed by atoms with van der Waals surface area (Å²) < 4.78 is 46.6. The zero-order valence-electron chi connectivity index (χ0n) is 19.3. The number of methoxy groups -OCH3 is 1. The largest absolute Gasteiger partial charge is 0.495 e. The molecular formula is C25H21ClF3N5O2. The lowest BCUT2D eigenvalue weighted by Crippen LogP contribution is -2.14. The Hall–Kier alpha value is -3.92. The molecule has 0 fully saturated rings. The van der Waals surface area contributed by atoms with Gasteiger partial charge in [-0.05, 0) is 54.4 Å². The highest BCUT2D eigenvalue weighted by Gasteiger charge is 2.31. The third kappa shape index (κ3) is 5.65. The molecule has 0 aliphatic rings. The molecule has 1 amide bonds. The van der Waals surface area contributed by atoms with E-state index in [4.69, 9.17) is 16.3 Å². The van der Waals surface area contributed by atoms with Crippen LogP contribution in [0.4, 0.5) is 18.9 Å². The number of carbonyl (C=O) groups is 1. The number of alkyl halides is 3. The van der Waals surface area contributed by atoms with Crippen molar-refractivity contribution in [1.29, 1.82) is 0 Å². The molecule has 1 N–H and O–H groups in total. The molecule has 186 valence electrons. The molecular weight excluding hydrogens is 495 g/mol. The van der Waals surface area contributed by atoms with Gasteiger partial charge >= 0.3 is 6.18 Å². The average Bonchev–Trinajstić information content (AvgIpc) is 3.34. The third-order valence-electron chi connectivity index (χ3n) is 5.31. The molecule has 0 saturated carbocycles. The second-order valence-electron chi connectivity index (χ2n) is 7.95. The number of rotatable bonds is 7. The van der Waals surface area contributed by atoms with Crippen molar-refractivity contribution in [3.05, 3.63) is 82.8 Å². The summed E-state index contributed by atoms with van der Waals surface area (Å²) in [5.74, 6) is -0.0394. The number of benzene rings is 2. The summed E-state index contributed by atoms with van der Waals surface area (Å²) >= 11 is 6.35. The van der Waals surface area contributed by atoms with E-state index in [-0.39, 0.29) is 11.3 Å². The van der Waals surface area contributed by atoms with Crippen molar-refractivity contribution < 1.29 is 22.7 Å². The van der Waals surface area contributed by atoms with Gasteiger partial charge in [0.15, 0.2) is 0 Å². The van der Waals surface area contributed by atoms with E-state index in [0.717, 1.165) is 12.1 Å². The maximum Gasteiger partial charge on any atom is 0.416 e. The first-order chi connectivity index (χ1) is 17.2. The van der Waals surface area contributed by atoms with Crippen LogP contribution in [0.25, 0.3) is 16.9 Å². The van der Waals surface area contributed by atoms with Gasteiger partial charge in [0.2, 0.25) is 0 Å². The van der Waals surface area contributed by atoms with Crippen LogP contribution in [-0.2, 0) is 12.6 Å². The number of ether oxygens (including phenoxy) is 1. The Labute approximate surface area is 209 Å². The van der Waals surface area contributed by atoms with Crippen molar-refractivity contribution in [2.24, 2.45) is 0 Å². The number of nitrogens with zero attached hydrogens (tertiary/aromatic N) is 4. The van der Waals surface area contributed by atoms with Gasteiger partial charge in [-0.15, -0.1) is 5.10 Å². The Kier molecular flexibility index (Phi) is 7.25. The summed E-state index contributed by atoms with van der Waals surface area (Å²) in [5.41, 5.74) is 1.45. The molecule has 0 spiro atoms. The number of amides is 1. The molecule has 0 unspecified atom stereocenters. The molecule has 2 heterocycles. The molecule has 0 aliphatic carbocycles. The smallest absolute Gasteiger partial charge is 0.416 e. The van der Waals surface area contributed by atoms with E-state index in [1.807, 2.05) is 6.92 Å². The number of anilines is 1. The number of carbonyl (C=O) groups excluding carboxylic acids is 1. The predicted molar refractivity (Wildman–Crippen MR) is 130 cm³/mol. The third-order valence-corrected chi connectivity index (χ3v) is 5.63. The van der Waals surface area contributed by atoms with E-state index in [9.17, 15) is 18.0 Å². The zero-order chi connectivity index (χ0) is 25.9. The van der Waals surface area contributed by atoms with Crippen LogP contribution >= 0.6 is 11.6 Å². The summed E-state index contributed by atoms with van der Waals surface area (Å²) in [4.78, 5) is 17.0. The lowest BCUT2D eigenvalue weighted by molar-refractivity contribution is -0.137. The maximum atomic E-state index is 13.3. The monoisotopic (exact) mass is 515 g/mol. The predicted octanol–water partition coefficient (Wildman–Crippen LogP) is 6.21. The second kappa shape index (κ2) is 10.4. The molecule has 0 saturated heterocycles. The zero-order valence-corrected chi connectivity index (χ0v) is 20.1. The van der Waals surface area contributed by atoms with E-state index < -0.39 is 17.6 Å². The van der Waals surface area contributed by atoms with Crippen molar-refractivity contribution in [3.63, 3.8) is 0 Å². The minimum atomic E-state index is -4.53. The van der Waals surface area contributed by atoms with Crippen molar-refractivity contribution >= 4 is 23.2 Å². The number of aromatic nitrogens is 4. The fourth-order valence-corrected chi connectivity index (χ4v) is 3.78. The lowest BCUT2D eigenvalue weighted by atomic mass is 10.0. The van der Waals surface area contributed by atoms with Crippen LogP contribution in [0.15, 0.2) is 61.1 Å². The molecule has 0 atom stereocenters. The van der Waals surface area contributed by atoms with Gasteiger partial charge in [-0.25, -0.2) is 4.68 Å². The lowest BCUT2D eigenvalue weighted by Gasteiger charge is -2.13. The van der Waals surface area contributed by atoms with Crippen LogP contribution < -0.4 is 10.1 Å². The van der Waals surface area contributed by atoms with Gasteiger partial charge in [-0.3, -0.25) is 9.78 Å². The number of nitrogens with one attached hydrogen (secondary N) is 1. The molecule has 4 aromatic rings. The number of pyridine rings is 1. The Morgan fingerprint density at radius 1 is 1.14 bits per heavy atom. The van der Waals surface area contributed by atoms with E-state index in [0.29, 0.717) is 46.1 Å². The van der Waals surface area contributed by atoms with Crippen LogP contribution in [0.5, 0.6) is 5.75 Å². The van der Waals surface area contributed by atoms with E-state index in [2.05, 4.69) is 20.6 Å². The van der Waals surface area contributed by atoms with Gasteiger partial charge in [-0.1, -0.05) is 30.2 Å². The molecule has 36 heavy (non-hydrogen) atoms. The molecule has 4 rings (SSSR count). The van der Waals surface area contributed by atoms with Crippen LogP contribution in [0.3, 0.4) is 0 Å². The molecule has 7 nitrogen and oxygen atoms in total. The van der Waals surface area contributed by atoms with Crippen molar-refractivity contribution in [2.45, 2.75) is 25.9 Å². The number of hydrogen-bond acceptors (Lipinski definition) is 5. The van der Waals surface area contributed by atoms with Gasteiger partial charge < -0.3 is 10.1 Å². The highest BCUT2D eigenvalue weighted by molar-refractivity contribution is 6.32. The first kappa shape index (κ1) is 25.2. The van der Waals surface area contributed by atoms with Gasteiger partial charge in [0.05, 0.1) is 35.8 Å². The van der Waals surface area contributed by atoms with E-state index >= 15 is 0 Å². The minimum Gasteiger partial charge on any atom is -0.495 e. The van der Waals surface area contributed by atoms with E-state index in [1.54, 1.807) is 30.7 Å². The Balaban J connectivity index is 1.62. The first-order valence-electron chi connectivity index (χ1n) is 10.9. The SMILES string of the molecule is CCCc1cc(NC(=O)c2ccc(Cl)c(-n3cc(-c4cncc(OC)c4)nn3)c2)cc(C(F)(F)F)c1. The normalized spacial score (nSPS) is 11.4. The molecule has 0 aliphatic heterocycles.